The maximum absolute atomic E-state index is 12.5. The second-order valence-electron chi connectivity index (χ2n) is 4.60. The van der Waals surface area contributed by atoms with Gasteiger partial charge in [-0.3, -0.25) is 4.79 Å². The van der Waals surface area contributed by atoms with Crippen LogP contribution in [0.4, 0.5) is 0 Å². The molecule has 2 heteroatoms. The Kier molecular flexibility index (Phi) is 4.24. The molecule has 2 aromatic carbocycles. The molecule has 0 saturated carbocycles. The molecular weight excluding hydrogens is 236 g/mol. The van der Waals surface area contributed by atoms with E-state index < -0.39 is 0 Å². The van der Waals surface area contributed by atoms with Crippen LogP contribution in [0.1, 0.15) is 33.8 Å². The number of ketones is 1. The highest BCUT2D eigenvalue weighted by Crippen LogP contribution is 2.23. The van der Waals surface area contributed by atoms with E-state index in [9.17, 15) is 9.59 Å². The molecule has 0 radical (unpaired) electrons. The molecule has 0 unspecified atom stereocenters. The molecule has 0 amide bonds. The fourth-order valence-corrected chi connectivity index (χ4v) is 2.10. The van der Waals surface area contributed by atoms with Crippen molar-refractivity contribution in [2.75, 3.05) is 0 Å². The lowest BCUT2D eigenvalue weighted by atomic mass is 9.88. The van der Waals surface area contributed by atoms with E-state index in [0.717, 1.165) is 17.4 Å². The minimum Gasteiger partial charge on any atom is -0.303 e. The quantitative estimate of drug-likeness (QED) is 0.602. The van der Waals surface area contributed by atoms with Gasteiger partial charge in [0.2, 0.25) is 0 Å². The topological polar surface area (TPSA) is 34.1 Å². The van der Waals surface area contributed by atoms with Crippen molar-refractivity contribution in [3.63, 3.8) is 0 Å². The molecule has 0 fully saturated rings. The first-order valence-corrected chi connectivity index (χ1v) is 6.32. The van der Waals surface area contributed by atoms with Crippen LogP contribution in [0.3, 0.4) is 0 Å². The highest BCUT2D eigenvalue weighted by atomic mass is 16.1. The van der Waals surface area contributed by atoms with Crippen molar-refractivity contribution in [3.8, 4) is 0 Å². The summed E-state index contributed by atoms with van der Waals surface area (Å²) in [7, 11) is 0. The molecule has 2 rings (SSSR count). The van der Waals surface area contributed by atoms with Crippen molar-refractivity contribution >= 4 is 12.1 Å². The predicted octanol–water partition coefficient (Wildman–Crippen LogP) is 3.55. The number of aldehydes is 1. The summed E-state index contributed by atoms with van der Waals surface area (Å²) in [6.07, 6.45) is 1.03. The molecular formula is C17H16O2. The highest BCUT2D eigenvalue weighted by molar-refractivity contribution is 6.02. The van der Waals surface area contributed by atoms with Crippen molar-refractivity contribution < 1.29 is 9.59 Å². The number of Topliss-reactive ketones (excluding diaryl/α,β-unsaturated/α-hetero) is 1. The van der Waals surface area contributed by atoms with E-state index in [2.05, 4.69) is 0 Å². The molecule has 0 aliphatic rings. The predicted molar refractivity (Wildman–Crippen MR) is 75.4 cm³/mol. The fraction of sp³-hybridized carbons (Fsp3) is 0.176. The molecule has 0 heterocycles. The zero-order chi connectivity index (χ0) is 13.7. The Morgan fingerprint density at radius 2 is 1.68 bits per heavy atom. The average Bonchev–Trinajstić information content (AvgIpc) is 2.46. The lowest BCUT2D eigenvalue weighted by Gasteiger charge is -2.13. The van der Waals surface area contributed by atoms with E-state index in [1.54, 1.807) is 0 Å². The molecule has 1 atom stereocenters. The molecule has 0 saturated heterocycles. The van der Waals surface area contributed by atoms with E-state index >= 15 is 0 Å². The minimum atomic E-state index is -0.388. The molecule has 96 valence electrons. The number of hydrogen-bond acceptors (Lipinski definition) is 2. The van der Waals surface area contributed by atoms with E-state index in [0.29, 0.717) is 5.56 Å². The van der Waals surface area contributed by atoms with Crippen molar-refractivity contribution in [2.24, 2.45) is 0 Å². The third kappa shape index (κ3) is 3.16. The second-order valence-corrected chi connectivity index (χ2v) is 4.60. The van der Waals surface area contributed by atoms with Gasteiger partial charge in [0.05, 0.1) is 5.92 Å². The number of rotatable bonds is 5. The smallest absolute Gasteiger partial charge is 0.170 e. The van der Waals surface area contributed by atoms with Gasteiger partial charge in [-0.15, -0.1) is 0 Å². The standard InChI is InChI=1S/C17H16O2/c1-13-7-9-15(10-8-13)17(19)16(11-12-18)14-5-3-2-4-6-14/h2-10,12,16H,11H2,1H3/t16-/m0/s1. The molecule has 0 spiro atoms. The van der Waals surface area contributed by atoms with E-state index in [-0.39, 0.29) is 18.1 Å². The van der Waals surface area contributed by atoms with Crippen LogP contribution in [0.2, 0.25) is 0 Å². The lowest BCUT2D eigenvalue weighted by Crippen LogP contribution is -2.13. The minimum absolute atomic E-state index is 0.00157. The van der Waals surface area contributed by atoms with Crippen LogP contribution in [0.5, 0.6) is 0 Å². The first kappa shape index (κ1) is 13.2. The third-order valence-electron chi connectivity index (χ3n) is 3.19. The molecule has 19 heavy (non-hydrogen) atoms. The van der Waals surface area contributed by atoms with Crippen LogP contribution in [0.15, 0.2) is 54.6 Å². The zero-order valence-electron chi connectivity index (χ0n) is 10.9. The number of benzene rings is 2. The van der Waals surface area contributed by atoms with Gasteiger partial charge in [0.25, 0.3) is 0 Å². The summed E-state index contributed by atoms with van der Waals surface area (Å²) < 4.78 is 0. The van der Waals surface area contributed by atoms with Gasteiger partial charge in [-0.2, -0.15) is 0 Å². The monoisotopic (exact) mass is 252 g/mol. The van der Waals surface area contributed by atoms with Gasteiger partial charge in [0.15, 0.2) is 5.78 Å². The zero-order valence-corrected chi connectivity index (χ0v) is 10.9. The summed E-state index contributed by atoms with van der Waals surface area (Å²) in [5.74, 6) is -0.389. The fourth-order valence-electron chi connectivity index (χ4n) is 2.10. The van der Waals surface area contributed by atoms with Gasteiger partial charge in [-0.1, -0.05) is 60.2 Å². The van der Waals surface area contributed by atoms with Gasteiger partial charge in [0.1, 0.15) is 6.29 Å². The Morgan fingerprint density at radius 1 is 1.05 bits per heavy atom. The Hall–Kier alpha value is -2.22. The molecule has 0 bridgehead atoms. The van der Waals surface area contributed by atoms with E-state index in [1.165, 1.54) is 0 Å². The van der Waals surface area contributed by atoms with Crippen molar-refractivity contribution in [1.82, 2.24) is 0 Å². The molecule has 0 aliphatic carbocycles. The molecule has 0 aromatic heterocycles. The second kappa shape index (κ2) is 6.10. The van der Waals surface area contributed by atoms with Crippen LogP contribution in [0, 0.1) is 6.92 Å². The first-order chi connectivity index (χ1) is 9.22. The molecule has 0 N–H and O–H groups in total. The summed E-state index contributed by atoms with van der Waals surface area (Å²) in [6, 6.07) is 16.9. The third-order valence-corrected chi connectivity index (χ3v) is 3.19. The van der Waals surface area contributed by atoms with Crippen LogP contribution in [-0.4, -0.2) is 12.1 Å². The lowest BCUT2D eigenvalue weighted by molar-refractivity contribution is -0.108. The van der Waals surface area contributed by atoms with Crippen LogP contribution in [-0.2, 0) is 4.79 Å². The van der Waals surface area contributed by atoms with Gasteiger partial charge < -0.3 is 4.79 Å². The summed E-state index contributed by atoms with van der Waals surface area (Å²) >= 11 is 0. The molecule has 2 nitrogen and oxygen atoms in total. The molecule has 2 aromatic rings. The van der Waals surface area contributed by atoms with Crippen LogP contribution >= 0.6 is 0 Å². The number of hydrogen-bond donors (Lipinski definition) is 0. The largest absolute Gasteiger partial charge is 0.303 e. The Morgan fingerprint density at radius 3 is 2.26 bits per heavy atom. The Balaban J connectivity index is 2.31. The van der Waals surface area contributed by atoms with Gasteiger partial charge in [-0.25, -0.2) is 0 Å². The maximum atomic E-state index is 12.5. The Bertz CT molecular complexity index is 556. The van der Waals surface area contributed by atoms with Crippen LogP contribution < -0.4 is 0 Å². The van der Waals surface area contributed by atoms with E-state index in [4.69, 9.17) is 0 Å². The SMILES string of the molecule is Cc1ccc(C(=O)[C@@H](CC=O)c2ccccc2)cc1. The molecule has 0 aliphatic heterocycles. The van der Waals surface area contributed by atoms with Crippen molar-refractivity contribution in [1.29, 1.82) is 0 Å². The van der Waals surface area contributed by atoms with E-state index in [1.807, 2.05) is 61.5 Å². The highest BCUT2D eigenvalue weighted by Gasteiger charge is 2.21. The summed E-state index contributed by atoms with van der Waals surface area (Å²) in [5.41, 5.74) is 2.66. The van der Waals surface area contributed by atoms with Gasteiger partial charge in [0, 0.05) is 12.0 Å². The van der Waals surface area contributed by atoms with Crippen molar-refractivity contribution in [3.05, 3.63) is 71.3 Å². The number of carbonyl (C=O) groups is 2. The summed E-state index contributed by atoms with van der Waals surface area (Å²) in [4.78, 5) is 23.3. The van der Waals surface area contributed by atoms with Gasteiger partial charge >= 0.3 is 0 Å². The van der Waals surface area contributed by atoms with Crippen molar-refractivity contribution in [2.45, 2.75) is 19.3 Å². The number of aryl methyl sites for hydroxylation is 1. The summed E-state index contributed by atoms with van der Waals surface area (Å²) in [6.45, 7) is 1.98. The normalized spacial score (nSPS) is 11.8. The average molecular weight is 252 g/mol. The first-order valence-electron chi connectivity index (χ1n) is 6.32. The summed E-state index contributed by atoms with van der Waals surface area (Å²) in [5, 5.41) is 0. The maximum Gasteiger partial charge on any atom is 0.170 e. The number of carbonyl (C=O) groups excluding carboxylic acids is 2. The van der Waals surface area contributed by atoms with Gasteiger partial charge in [-0.05, 0) is 12.5 Å². The Labute approximate surface area is 113 Å². The van der Waals surface area contributed by atoms with Crippen LogP contribution in [0.25, 0.3) is 0 Å².